The first-order valence-corrected chi connectivity index (χ1v) is 7.77. The number of nitrogens with one attached hydrogen (secondary N) is 2. The maximum absolute atomic E-state index is 11.6. The molecule has 2 rings (SSSR count). The van der Waals surface area contributed by atoms with Crippen LogP contribution in [0.3, 0.4) is 0 Å². The molecule has 0 saturated carbocycles. The van der Waals surface area contributed by atoms with Gasteiger partial charge in [0.25, 0.3) is 0 Å². The quantitative estimate of drug-likeness (QED) is 0.847. The van der Waals surface area contributed by atoms with Crippen LogP contribution in [0.4, 0.5) is 0 Å². The third-order valence-electron chi connectivity index (χ3n) is 3.06. The smallest absolute Gasteiger partial charge is 0.222 e. The summed E-state index contributed by atoms with van der Waals surface area (Å²) >= 11 is 7.31. The van der Waals surface area contributed by atoms with E-state index in [0.29, 0.717) is 25.7 Å². The molecule has 1 aliphatic rings. The Morgan fingerprint density at radius 2 is 2.26 bits per heavy atom. The zero-order valence-electron chi connectivity index (χ0n) is 10.8. The van der Waals surface area contributed by atoms with Crippen molar-refractivity contribution in [3.8, 4) is 0 Å². The number of carbonyl (C=O) groups is 1. The van der Waals surface area contributed by atoms with Crippen LogP contribution in [-0.2, 0) is 16.1 Å². The van der Waals surface area contributed by atoms with Crippen LogP contribution in [0, 0.1) is 0 Å². The molecule has 2 heterocycles. The minimum atomic E-state index is 0.0263. The lowest BCUT2D eigenvalue weighted by atomic mass is 10.1. The van der Waals surface area contributed by atoms with Gasteiger partial charge in [0, 0.05) is 11.3 Å². The minimum Gasteiger partial charge on any atom is -0.378 e. The molecule has 0 spiro atoms. The highest BCUT2D eigenvalue weighted by molar-refractivity contribution is 7.16. The van der Waals surface area contributed by atoms with Crippen LogP contribution in [0.15, 0.2) is 12.1 Å². The first-order valence-electron chi connectivity index (χ1n) is 6.57. The topological polar surface area (TPSA) is 50.4 Å². The van der Waals surface area contributed by atoms with Gasteiger partial charge in [0.2, 0.25) is 5.91 Å². The van der Waals surface area contributed by atoms with Crippen LogP contribution in [0.5, 0.6) is 0 Å². The number of piperidine rings is 1. The zero-order chi connectivity index (χ0) is 13.5. The Morgan fingerprint density at radius 3 is 2.95 bits per heavy atom. The van der Waals surface area contributed by atoms with E-state index in [9.17, 15) is 4.79 Å². The predicted molar refractivity (Wildman–Crippen MR) is 77.6 cm³/mol. The molecule has 1 aromatic heterocycles. The van der Waals surface area contributed by atoms with Crippen LogP contribution in [-0.4, -0.2) is 31.7 Å². The molecule has 0 radical (unpaired) electrons. The average molecular weight is 303 g/mol. The average Bonchev–Trinajstić information content (AvgIpc) is 2.83. The monoisotopic (exact) mass is 302 g/mol. The number of hydrogen-bond acceptors (Lipinski definition) is 4. The molecule has 0 unspecified atom stereocenters. The fourth-order valence-electron chi connectivity index (χ4n) is 2.00. The molecule has 0 bridgehead atoms. The summed E-state index contributed by atoms with van der Waals surface area (Å²) in [6.45, 7) is 3.07. The molecule has 1 aromatic rings. The van der Waals surface area contributed by atoms with Crippen molar-refractivity contribution in [3.63, 3.8) is 0 Å². The Balaban J connectivity index is 1.56. The maximum atomic E-state index is 11.6. The maximum Gasteiger partial charge on any atom is 0.222 e. The van der Waals surface area contributed by atoms with Crippen molar-refractivity contribution in [1.29, 1.82) is 0 Å². The van der Waals surface area contributed by atoms with Gasteiger partial charge < -0.3 is 15.4 Å². The molecule has 6 heteroatoms. The van der Waals surface area contributed by atoms with Crippen molar-refractivity contribution < 1.29 is 9.53 Å². The Hall–Kier alpha value is -0.620. The summed E-state index contributed by atoms with van der Waals surface area (Å²) in [5.74, 6) is 0.0263. The van der Waals surface area contributed by atoms with Gasteiger partial charge in [-0.2, -0.15) is 0 Å². The van der Waals surface area contributed by atoms with E-state index < -0.39 is 0 Å². The highest BCUT2D eigenvalue weighted by atomic mass is 35.5. The first kappa shape index (κ1) is 14.8. The molecule has 4 nitrogen and oxygen atoms in total. The van der Waals surface area contributed by atoms with Gasteiger partial charge >= 0.3 is 0 Å². The van der Waals surface area contributed by atoms with Gasteiger partial charge in [-0.05, 0) is 38.1 Å². The number of halogens is 1. The summed E-state index contributed by atoms with van der Waals surface area (Å²) in [6.07, 6.45) is 2.80. The Kier molecular flexibility index (Phi) is 6.10. The predicted octanol–water partition coefficient (Wildman–Crippen LogP) is 2.18. The Bertz CT molecular complexity index is 405. The summed E-state index contributed by atoms with van der Waals surface area (Å²) in [4.78, 5) is 12.7. The number of thiophene rings is 1. The molecule has 1 aliphatic heterocycles. The fraction of sp³-hybridized carbons (Fsp3) is 0.615. The molecular weight excluding hydrogens is 284 g/mol. The number of amides is 1. The molecule has 19 heavy (non-hydrogen) atoms. The zero-order valence-corrected chi connectivity index (χ0v) is 12.4. The molecule has 1 amide bonds. The largest absolute Gasteiger partial charge is 0.378 e. The second kappa shape index (κ2) is 7.85. The van der Waals surface area contributed by atoms with Gasteiger partial charge in [0.1, 0.15) is 0 Å². The van der Waals surface area contributed by atoms with Crippen molar-refractivity contribution >= 4 is 28.8 Å². The van der Waals surface area contributed by atoms with Crippen LogP contribution in [0.25, 0.3) is 0 Å². The van der Waals surface area contributed by atoms with Gasteiger partial charge in [-0.1, -0.05) is 11.6 Å². The first-order chi connectivity index (χ1) is 9.24. The van der Waals surface area contributed by atoms with E-state index in [0.717, 1.165) is 35.1 Å². The van der Waals surface area contributed by atoms with Gasteiger partial charge in [0.15, 0.2) is 0 Å². The van der Waals surface area contributed by atoms with E-state index in [1.165, 1.54) is 11.3 Å². The van der Waals surface area contributed by atoms with E-state index in [2.05, 4.69) is 10.6 Å². The van der Waals surface area contributed by atoms with Gasteiger partial charge in [-0.3, -0.25) is 4.79 Å². The summed E-state index contributed by atoms with van der Waals surface area (Å²) in [7, 11) is 0. The number of ether oxygens (including phenoxy) is 1. The van der Waals surface area contributed by atoms with Crippen LogP contribution >= 0.6 is 22.9 Å². The standard InChI is InChI=1S/C13H19ClN2O2S/c14-12-2-1-11(19-12)9-16-13(17)5-8-18-10-3-6-15-7-4-10/h1-2,10,15H,3-9H2,(H,16,17). The van der Waals surface area contributed by atoms with Crippen molar-refractivity contribution in [3.05, 3.63) is 21.3 Å². The summed E-state index contributed by atoms with van der Waals surface area (Å²) < 4.78 is 6.44. The fourth-order valence-corrected chi connectivity index (χ4v) is 3.03. The van der Waals surface area contributed by atoms with Gasteiger partial charge in [-0.25, -0.2) is 0 Å². The van der Waals surface area contributed by atoms with Gasteiger partial charge in [0.05, 0.1) is 23.6 Å². The van der Waals surface area contributed by atoms with Crippen molar-refractivity contribution in [1.82, 2.24) is 10.6 Å². The summed E-state index contributed by atoms with van der Waals surface area (Å²) in [5.41, 5.74) is 0. The third kappa shape index (κ3) is 5.48. The second-order valence-electron chi connectivity index (χ2n) is 4.55. The van der Waals surface area contributed by atoms with Crippen LogP contribution < -0.4 is 10.6 Å². The molecule has 106 valence electrons. The third-order valence-corrected chi connectivity index (χ3v) is 4.29. The van der Waals surface area contributed by atoms with Crippen LogP contribution in [0.2, 0.25) is 4.34 Å². The van der Waals surface area contributed by atoms with Gasteiger partial charge in [-0.15, -0.1) is 11.3 Å². The molecule has 0 aliphatic carbocycles. The van der Waals surface area contributed by atoms with E-state index in [-0.39, 0.29) is 5.91 Å². The second-order valence-corrected chi connectivity index (χ2v) is 6.35. The van der Waals surface area contributed by atoms with E-state index >= 15 is 0 Å². The lowest BCUT2D eigenvalue weighted by Crippen LogP contribution is -2.33. The normalized spacial score (nSPS) is 16.5. The lowest BCUT2D eigenvalue weighted by molar-refractivity contribution is -0.122. The SMILES string of the molecule is O=C(CCOC1CCNCC1)NCc1ccc(Cl)s1. The molecule has 1 saturated heterocycles. The highest BCUT2D eigenvalue weighted by Crippen LogP contribution is 2.20. The number of hydrogen-bond donors (Lipinski definition) is 2. The Labute approximate surface area is 122 Å². The summed E-state index contributed by atoms with van der Waals surface area (Å²) in [6, 6.07) is 3.77. The minimum absolute atomic E-state index is 0.0263. The Morgan fingerprint density at radius 1 is 1.47 bits per heavy atom. The summed E-state index contributed by atoms with van der Waals surface area (Å²) in [5, 5.41) is 6.16. The molecule has 1 fully saturated rings. The molecular formula is C13H19ClN2O2S. The van der Waals surface area contributed by atoms with E-state index in [1.807, 2.05) is 12.1 Å². The van der Waals surface area contributed by atoms with Crippen molar-refractivity contribution in [2.75, 3.05) is 19.7 Å². The number of carbonyl (C=O) groups excluding carboxylic acids is 1. The molecule has 2 N–H and O–H groups in total. The van der Waals surface area contributed by atoms with Crippen molar-refractivity contribution in [2.24, 2.45) is 0 Å². The lowest BCUT2D eigenvalue weighted by Gasteiger charge is -2.22. The molecule has 0 atom stereocenters. The number of rotatable bonds is 6. The van der Waals surface area contributed by atoms with Crippen molar-refractivity contribution in [2.45, 2.75) is 31.9 Å². The molecule has 0 aromatic carbocycles. The van der Waals surface area contributed by atoms with Crippen LogP contribution in [0.1, 0.15) is 24.1 Å². The van der Waals surface area contributed by atoms with E-state index in [1.54, 1.807) is 0 Å². The van der Waals surface area contributed by atoms with E-state index in [4.69, 9.17) is 16.3 Å². The highest BCUT2D eigenvalue weighted by Gasteiger charge is 2.13.